The van der Waals surface area contributed by atoms with E-state index in [2.05, 4.69) is 55.0 Å². The molecule has 3 rings (SSSR count). The van der Waals surface area contributed by atoms with Gasteiger partial charge in [0, 0.05) is 5.56 Å². The van der Waals surface area contributed by atoms with Crippen LogP contribution in [0.5, 0.6) is 5.75 Å². The van der Waals surface area contributed by atoms with Gasteiger partial charge in [-0.2, -0.15) is 0 Å². The molecule has 0 spiro atoms. The number of hydrogen-bond acceptors (Lipinski definition) is 3. The molecule has 2 aromatic carbocycles. The fraction of sp³-hybridized carbons (Fsp3) is 0.300. The second-order valence-corrected chi connectivity index (χ2v) is 6.63. The van der Waals surface area contributed by atoms with Crippen molar-refractivity contribution in [1.82, 2.24) is 10.9 Å². The van der Waals surface area contributed by atoms with E-state index in [0.29, 0.717) is 11.7 Å². The lowest BCUT2D eigenvalue weighted by atomic mass is 9.98. The third kappa shape index (κ3) is 3.10. The van der Waals surface area contributed by atoms with Crippen molar-refractivity contribution in [2.24, 2.45) is 0 Å². The molecule has 0 fully saturated rings. The van der Waals surface area contributed by atoms with Gasteiger partial charge < -0.3 is 10.5 Å². The molecule has 1 atom stereocenters. The minimum atomic E-state index is 0.103. The van der Waals surface area contributed by atoms with Gasteiger partial charge in [-0.1, -0.05) is 44.2 Å². The molecule has 0 saturated carbocycles. The largest absolute Gasteiger partial charge is 0.507 e. The molecule has 23 heavy (non-hydrogen) atoms. The standard InChI is InChI=1S/C20H24N2O/c1-12(2)15-5-7-16(8-6-15)18-11-19(22-21-18)17-10-13(3)9-14(4)20(17)23/h5-12,18,21-23H,1-4H3. The minimum absolute atomic E-state index is 0.103. The van der Waals surface area contributed by atoms with Gasteiger partial charge in [0.2, 0.25) is 0 Å². The van der Waals surface area contributed by atoms with E-state index in [0.717, 1.165) is 22.4 Å². The first-order valence-electron chi connectivity index (χ1n) is 8.09. The Labute approximate surface area is 138 Å². The van der Waals surface area contributed by atoms with Gasteiger partial charge in [-0.25, -0.2) is 5.43 Å². The van der Waals surface area contributed by atoms with Crippen molar-refractivity contribution in [2.75, 3.05) is 0 Å². The molecule has 0 radical (unpaired) electrons. The van der Waals surface area contributed by atoms with Crippen molar-refractivity contribution in [2.45, 2.75) is 39.7 Å². The van der Waals surface area contributed by atoms with Gasteiger partial charge in [0.1, 0.15) is 5.75 Å². The quantitative estimate of drug-likeness (QED) is 0.791. The summed E-state index contributed by atoms with van der Waals surface area (Å²) in [6.07, 6.45) is 2.12. The van der Waals surface area contributed by atoms with Crippen LogP contribution >= 0.6 is 0 Å². The molecule has 1 heterocycles. The zero-order chi connectivity index (χ0) is 16.6. The molecular weight excluding hydrogens is 284 g/mol. The normalized spacial score (nSPS) is 17.3. The van der Waals surface area contributed by atoms with Crippen LogP contribution in [0.2, 0.25) is 0 Å². The summed E-state index contributed by atoms with van der Waals surface area (Å²) in [7, 11) is 0. The number of phenols is 1. The van der Waals surface area contributed by atoms with Crippen molar-refractivity contribution in [3.05, 3.63) is 70.3 Å². The lowest BCUT2D eigenvalue weighted by molar-refractivity contribution is 0.468. The van der Waals surface area contributed by atoms with Gasteiger partial charge in [0.05, 0.1) is 11.7 Å². The van der Waals surface area contributed by atoms with Crippen LogP contribution in [0.15, 0.2) is 42.5 Å². The van der Waals surface area contributed by atoms with Crippen LogP contribution in [0.25, 0.3) is 5.70 Å². The number of rotatable bonds is 3. The van der Waals surface area contributed by atoms with Crippen LogP contribution in [0.1, 0.15) is 53.6 Å². The summed E-state index contributed by atoms with van der Waals surface area (Å²) >= 11 is 0. The Morgan fingerprint density at radius 3 is 2.39 bits per heavy atom. The predicted octanol–water partition coefficient (Wildman–Crippen LogP) is 4.32. The van der Waals surface area contributed by atoms with Crippen LogP contribution in [0.4, 0.5) is 0 Å². The monoisotopic (exact) mass is 308 g/mol. The van der Waals surface area contributed by atoms with E-state index >= 15 is 0 Å². The molecule has 0 bridgehead atoms. The lowest BCUT2D eigenvalue weighted by Gasteiger charge is -2.12. The SMILES string of the molecule is Cc1cc(C)c(O)c(C2=CC(c3ccc(C(C)C)cc3)NN2)c1. The van der Waals surface area contributed by atoms with Crippen LogP contribution in [0, 0.1) is 13.8 Å². The highest BCUT2D eigenvalue weighted by Crippen LogP contribution is 2.32. The van der Waals surface area contributed by atoms with Crippen molar-refractivity contribution >= 4 is 5.70 Å². The number of hydrogen-bond donors (Lipinski definition) is 3. The van der Waals surface area contributed by atoms with Gasteiger partial charge >= 0.3 is 0 Å². The number of aryl methyl sites for hydroxylation is 2. The van der Waals surface area contributed by atoms with E-state index in [9.17, 15) is 5.11 Å². The number of phenolic OH excluding ortho intramolecular Hbond substituents is 1. The van der Waals surface area contributed by atoms with Gasteiger partial charge in [0.15, 0.2) is 0 Å². The van der Waals surface area contributed by atoms with Gasteiger partial charge in [-0.3, -0.25) is 0 Å². The van der Waals surface area contributed by atoms with Crippen molar-refractivity contribution in [3.63, 3.8) is 0 Å². The summed E-state index contributed by atoms with van der Waals surface area (Å²) in [5.41, 5.74) is 12.8. The molecular formula is C20H24N2O. The Hall–Kier alpha value is -2.26. The summed E-state index contributed by atoms with van der Waals surface area (Å²) in [6.45, 7) is 8.37. The molecule has 0 aliphatic carbocycles. The minimum Gasteiger partial charge on any atom is -0.507 e. The molecule has 3 N–H and O–H groups in total. The Kier molecular flexibility index (Phi) is 4.14. The average Bonchev–Trinajstić information content (AvgIpc) is 3.00. The smallest absolute Gasteiger partial charge is 0.127 e. The highest BCUT2D eigenvalue weighted by atomic mass is 16.3. The highest BCUT2D eigenvalue weighted by molar-refractivity contribution is 5.72. The first-order chi connectivity index (χ1) is 11.0. The molecule has 0 amide bonds. The zero-order valence-corrected chi connectivity index (χ0v) is 14.1. The molecule has 1 aliphatic rings. The Bertz CT molecular complexity index is 745. The van der Waals surface area contributed by atoms with Crippen LogP contribution in [-0.2, 0) is 0 Å². The Morgan fingerprint density at radius 2 is 1.74 bits per heavy atom. The molecule has 120 valence electrons. The molecule has 1 aliphatic heterocycles. The summed E-state index contributed by atoms with van der Waals surface area (Å²) < 4.78 is 0. The van der Waals surface area contributed by atoms with E-state index < -0.39 is 0 Å². The Balaban J connectivity index is 1.89. The third-order valence-electron chi connectivity index (χ3n) is 4.39. The number of nitrogens with one attached hydrogen (secondary N) is 2. The molecule has 0 saturated heterocycles. The third-order valence-corrected chi connectivity index (χ3v) is 4.39. The van der Waals surface area contributed by atoms with Crippen LogP contribution < -0.4 is 10.9 Å². The topological polar surface area (TPSA) is 44.3 Å². The lowest BCUT2D eigenvalue weighted by Crippen LogP contribution is -2.26. The van der Waals surface area contributed by atoms with Gasteiger partial charge in [-0.05, 0) is 54.2 Å². The van der Waals surface area contributed by atoms with Crippen molar-refractivity contribution in [1.29, 1.82) is 0 Å². The summed E-state index contributed by atoms with van der Waals surface area (Å²) in [5.74, 6) is 0.879. The van der Waals surface area contributed by atoms with E-state index in [1.165, 1.54) is 11.1 Å². The van der Waals surface area contributed by atoms with Crippen molar-refractivity contribution < 1.29 is 5.11 Å². The maximum absolute atomic E-state index is 10.3. The van der Waals surface area contributed by atoms with E-state index in [-0.39, 0.29) is 6.04 Å². The number of hydrazine groups is 1. The summed E-state index contributed by atoms with van der Waals surface area (Å²) in [6, 6.07) is 12.8. The molecule has 3 nitrogen and oxygen atoms in total. The predicted molar refractivity (Wildman–Crippen MR) is 95.1 cm³/mol. The zero-order valence-electron chi connectivity index (χ0n) is 14.1. The fourth-order valence-electron chi connectivity index (χ4n) is 3.00. The maximum Gasteiger partial charge on any atom is 0.127 e. The van der Waals surface area contributed by atoms with Crippen LogP contribution in [-0.4, -0.2) is 5.11 Å². The second kappa shape index (κ2) is 6.09. The van der Waals surface area contributed by atoms with Crippen LogP contribution in [0.3, 0.4) is 0 Å². The van der Waals surface area contributed by atoms with Crippen molar-refractivity contribution in [3.8, 4) is 5.75 Å². The van der Waals surface area contributed by atoms with E-state index in [1.807, 2.05) is 26.0 Å². The number of aromatic hydroxyl groups is 1. The maximum atomic E-state index is 10.3. The van der Waals surface area contributed by atoms with E-state index in [1.54, 1.807) is 0 Å². The summed E-state index contributed by atoms with van der Waals surface area (Å²) in [4.78, 5) is 0. The fourth-order valence-corrected chi connectivity index (χ4v) is 3.00. The molecule has 2 aromatic rings. The highest BCUT2D eigenvalue weighted by Gasteiger charge is 2.20. The average molecular weight is 308 g/mol. The second-order valence-electron chi connectivity index (χ2n) is 6.63. The summed E-state index contributed by atoms with van der Waals surface area (Å²) in [5, 5.41) is 10.3. The molecule has 3 heteroatoms. The Morgan fingerprint density at radius 1 is 1.04 bits per heavy atom. The van der Waals surface area contributed by atoms with Gasteiger partial charge in [0.25, 0.3) is 0 Å². The number of benzene rings is 2. The first-order valence-corrected chi connectivity index (χ1v) is 8.09. The first kappa shape index (κ1) is 15.6. The van der Waals surface area contributed by atoms with Gasteiger partial charge in [-0.15, -0.1) is 0 Å². The van der Waals surface area contributed by atoms with E-state index in [4.69, 9.17) is 0 Å². The molecule has 0 aromatic heterocycles. The molecule has 1 unspecified atom stereocenters.